The minimum absolute atomic E-state index is 0.658. The Bertz CT molecular complexity index is 361. The zero-order valence-electron chi connectivity index (χ0n) is 11.2. The molecular formula is C15H23BrN2. The zero-order chi connectivity index (χ0) is 12.8. The van der Waals surface area contributed by atoms with Crippen molar-refractivity contribution in [3.05, 3.63) is 28.5 Å². The first kappa shape index (κ1) is 14.0. The smallest absolute Gasteiger partial charge is 0.106 e. The molecule has 0 radical (unpaired) electrons. The minimum Gasteiger partial charge on any atom is -0.308 e. The number of hydrogen-bond donors (Lipinski definition) is 1. The van der Waals surface area contributed by atoms with Crippen LogP contribution in [0.2, 0.25) is 0 Å². The fraction of sp³-hybridized carbons (Fsp3) is 0.667. The van der Waals surface area contributed by atoms with Crippen molar-refractivity contribution in [2.45, 2.75) is 58.0 Å². The highest BCUT2D eigenvalue weighted by Gasteiger charge is 2.21. The predicted molar refractivity (Wildman–Crippen MR) is 79.4 cm³/mol. The van der Waals surface area contributed by atoms with Gasteiger partial charge in [0.2, 0.25) is 0 Å². The third-order valence-electron chi connectivity index (χ3n) is 3.98. The van der Waals surface area contributed by atoms with Gasteiger partial charge in [-0.2, -0.15) is 0 Å². The van der Waals surface area contributed by atoms with Crippen molar-refractivity contribution < 1.29 is 0 Å². The van der Waals surface area contributed by atoms with Gasteiger partial charge in [0.25, 0.3) is 0 Å². The van der Waals surface area contributed by atoms with Crippen LogP contribution < -0.4 is 5.32 Å². The van der Waals surface area contributed by atoms with Crippen molar-refractivity contribution >= 4 is 15.9 Å². The summed E-state index contributed by atoms with van der Waals surface area (Å²) in [5, 5.41) is 3.70. The second-order valence-electron chi connectivity index (χ2n) is 5.25. The number of nitrogens with one attached hydrogen (secondary N) is 1. The second kappa shape index (κ2) is 7.25. The van der Waals surface area contributed by atoms with E-state index in [-0.39, 0.29) is 0 Å². The Kier molecular flexibility index (Phi) is 5.64. The normalized spacial score (nSPS) is 18.8. The third-order valence-corrected chi connectivity index (χ3v) is 4.42. The molecular weight excluding hydrogens is 288 g/mol. The van der Waals surface area contributed by atoms with Crippen LogP contribution in [0.4, 0.5) is 0 Å². The van der Waals surface area contributed by atoms with Crippen molar-refractivity contribution in [2.24, 2.45) is 5.92 Å². The lowest BCUT2D eigenvalue weighted by Crippen LogP contribution is -2.36. The Hall–Kier alpha value is -0.410. The molecule has 0 aromatic carbocycles. The van der Waals surface area contributed by atoms with E-state index in [9.17, 15) is 0 Å². The topological polar surface area (TPSA) is 24.9 Å². The fourth-order valence-electron chi connectivity index (χ4n) is 2.97. The SMILES string of the molecule is CCC(NCc1cccc(Br)n1)C1CCCCC1. The summed E-state index contributed by atoms with van der Waals surface area (Å²) in [5.41, 5.74) is 1.12. The number of pyridine rings is 1. The fourth-order valence-corrected chi connectivity index (χ4v) is 3.35. The number of aromatic nitrogens is 1. The van der Waals surface area contributed by atoms with E-state index in [1.807, 2.05) is 6.07 Å². The summed E-state index contributed by atoms with van der Waals surface area (Å²) in [6, 6.07) is 6.77. The lowest BCUT2D eigenvalue weighted by atomic mass is 9.83. The van der Waals surface area contributed by atoms with Crippen LogP contribution in [0.25, 0.3) is 0 Å². The second-order valence-corrected chi connectivity index (χ2v) is 6.06. The van der Waals surface area contributed by atoms with Crippen LogP contribution in [0.3, 0.4) is 0 Å². The quantitative estimate of drug-likeness (QED) is 0.820. The molecule has 0 amide bonds. The largest absolute Gasteiger partial charge is 0.308 e. The lowest BCUT2D eigenvalue weighted by molar-refractivity contribution is 0.261. The molecule has 3 heteroatoms. The average Bonchev–Trinajstić information content (AvgIpc) is 2.41. The molecule has 1 fully saturated rings. The predicted octanol–water partition coefficient (Wildman–Crippen LogP) is 4.29. The molecule has 0 bridgehead atoms. The van der Waals surface area contributed by atoms with E-state index in [1.165, 1.54) is 38.5 Å². The summed E-state index contributed by atoms with van der Waals surface area (Å²) in [6.45, 7) is 3.18. The van der Waals surface area contributed by atoms with Crippen LogP contribution >= 0.6 is 15.9 Å². The number of rotatable bonds is 5. The molecule has 2 rings (SSSR count). The molecule has 1 aliphatic rings. The van der Waals surface area contributed by atoms with Gasteiger partial charge in [-0.15, -0.1) is 0 Å². The van der Waals surface area contributed by atoms with Gasteiger partial charge in [-0.25, -0.2) is 4.98 Å². The standard InChI is InChI=1S/C15H23BrN2/c1-2-14(12-7-4-3-5-8-12)17-11-13-9-6-10-15(16)18-13/h6,9-10,12,14,17H,2-5,7-8,11H2,1H3. The Morgan fingerprint density at radius 1 is 1.33 bits per heavy atom. The van der Waals surface area contributed by atoms with E-state index in [4.69, 9.17) is 0 Å². The molecule has 0 saturated heterocycles. The summed E-state index contributed by atoms with van der Waals surface area (Å²) in [6.07, 6.45) is 8.28. The van der Waals surface area contributed by atoms with Crippen LogP contribution in [-0.4, -0.2) is 11.0 Å². The van der Waals surface area contributed by atoms with Crippen LogP contribution in [0, 0.1) is 5.92 Å². The molecule has 1 aliphatic carbocycles. The lowest BCUT2D eigenvalue weighted by Gasteiger charge is -2.30. The molecule has 100 valence electrons. The summed E-state index contributed by atoms with van der Waals surface area (Å²) in [7, 11) is 0. The first-order valence-electron chi connectivity index (χ1n) is 7.14. The monoisotopic (exact) mass is 310 g/mol. The van der Waals surface area contributed by atoms with Gasteiger partial charge < -0.3 is 5.32 Å². The van der Waals surface area contributed by atoms with E-state index >= 15 is 0 Å². The Labute approximate surface area is 119 Å². The molecule has 0 aliphatic heterocycles. The van der Waals surface area contributed by atoms with E-state index in [0.29, 0.717) is 6.04 Å². The van der Waals surface area contributed by atoms with Gasteiger partial charge in [0.05, 0.1) is 5.69 Å². The maximum Gasteiger partial charge on any atom is 0.106 e. The molecule has 1 aromatic rings. The van der Waals surface area contributed by atoms with E-state index in [0.717, 1.165) is 22.8 Å². The van der Waals surface area contributed by atoms with E-state index < -0.39 is 0 Å². The Morgan fingerprint density at radius 3 is 2.78 bits per heavy atom. The highest BCUT2D eigenvalue weighted by molar-refractivity contribution is 9.10. The van der Waals surface area contributed by atoms with Gasteiger partial charge in [0.1, 0.15) is 4.60 Å². The molecule has 1 aromatic heterocycles. The summed E-state index contributed by atoms with van der Waals surface area (Å²) >= 11 is 3.42. The highest BCUT2D eigenvalue weighted by Crippen LogP contribution is 2.27. The van der Waals surface area contributed by atoms with Crippen LogP contribution in [0.1, 0.15) is 51.1 Å². The van der Waals surface area contributed by atoms with E-state index in [1.54, 1.807) is 0 Å². The average molecular weight is 311 g/mol. The van der Waals surface area contributed by atoms with Crippen molar-refractivity contribution in [2.75, 3.05) is 0 Å². The number of nitrogens with zero attached hydrogens (tertiary/aromatic N) is 1. The third kappa shape index (κ3) is 4.06. The summed E-state index contributed by atoms with van der Waals surface area (Å²) in [4.78, 5) is 4.48. The van der Waals surface area contributed by atoms with Crippen molar-refractivity contribution in [1.82, 2.24) is 10.3 Å². The minimum atomic E-state index is 0.658. The summed E-state index contributed by atoms with van der Waals surface area (Å²) < 4.78 is 0.924. The van der Waals surface area contributed by atoms with Gasteiger partial charge in [0.15, 0.2) is 0 Å². The van der Waals surface area contributed by atoms with Crippen LogP contribution in [0.5, 0.6) is 0 Å². The zero-order valence-corrected chi connectivity index (χ0v) is 12.7. The molecule has 2 nitrogen and oxygen atoms in total. The van der Waals surface area contributed by atoms with Crippen molar-refractivity contribution in [3.8, 4) is 0 Å². The molecule has 1 saturated carbocycles. The van der Waals surface area contributed by atoms with Gasteiger partial charge in [-0.05, 0) is 53.2 Å². The van der Waals surface area contributed by atoms with Gasteiger partial charge in [0, 0.05) is 12.6 Å². The van der Waals surface area contributed by atoms with Crippen molar-refractivity contribution in [3.63, 3.8) is 0 Å². The first-order valence-corrected chi connectivity index (χ1v) is 7.93. The van der Waals surface area contributed by atoms with Gasteiger partial charge in [-0.1, -0.05) is 32.3 Å². The Morgan fingerprint density at radius 2 is 2.11 bits per heavy atom. The molecule has 1 N–H and O–H groups in total. The van der Waals surface area contributed by atoms with E-state index in [2.05, 4.69) is 45.3 Å². The van der Waals surface area contributed by atoms with Crippen molar-refractivity contribution in [1.29, 1.82) is 0 Å². The molecule has 1 heterocycles. The van der Waals surface area contributed by atoms with Gasteiger partial charge >= 0.3 is 0 Å². The molecule has 1 atom stereocenters. The van der Waals surface area contributed by atoms with Gasteiger partial charge in [-0.3, -0.25) is 0 Å². The summed E-state index contributed by atoms with van der Waals surface area (Å²) in [5.74, 6) is 0.871. The molecule has 18 heavy (non-hydrogen) atoms. The van der Waals surface area contributed by atoms with Crippen LogP contribution in [-0.2, 0) is 6.54 Å². The maximum absolute atomic E-state index is 4.48. The number of halogens is 1. The molecule has 1 unspecified atom stereocenters. The maximum atomic E-state index is 4.48. The molecule has 0 spiro atoms. The highest BCUT2D eigenvalue weighted by atomic mass is 79.9. The first-order chi connectivity index (χ1) is 8.79. The number of hydrogen-bond acceptors (Lipinski definition) is 2. The Balaban J connectivity index is 1.86. The van der Waals surface area contributed by atoms with Crippen LogP contribution in [0.15, 0.2) is 22.8 Å².